The van der Waals surface area contributed by atoms with Gasteiger partial charge in [0.25, 0.3) is 0 Å². The number of rotatable bonds is 2. The summed E-state index contributed by atoms with van der Waals surface area (Å²) in [5.74, 6) is 1.88. The van der Waals surface area contributed by atoms with Crippen molar-refractivity contribution < 1.29 is 4.74 Å². The van der Waals surface area contributed by atoms with Crippen molar-refractivity contribution >= 4 is 17.0 Å². The number of hydrogen-bond acceptors (Lipinski definition) is 5. The maximum atomic E-state index is 5.45. The number of H-pyrrole nitrogens is 1. The van der Waals surface area contributed by atoms with Crippen LogP contribution < -0.4 is 9.64 Å². The van der Waals surface area contributed by atoms with E-state index in [0.717, 1.165) is 36.6 Å². The molecule has 0 aliphatic carbocycles. The summed E-state index contributed by atoms with van der Waals surface area (Å²) in [5, 5.41) is 0. The second-order valence-electron chi connectivity index (χ2n) is 5.07. The zero-order valence-corrected chi connectivity index (χ0v) is 11.7. The summed E-state index contributed by atoms with van der Waals surface area (Å²) in [6.07, 6.45) is 4.17. The molecule has 0 saturated carbocycles. The Morgan fingerprint density at radius 3 is 3.10 bits per heavy atom. The smallest absolute Gasteiger partial charge is 0.182 e. The first-order valence-electron chi connectivity index (χ1n) is 6.90. The summed E-state index contributed by atoms with van der Waals surface area (Å²) in [7, 11) is 1.72. The van der Waals surface area contributed by atoms with Crippen molar-refractivity contribution in [1.82, 2.24) is 19.9 Å². The van der Waals surface area contributed by atoms with E-state index in [0.29, 0.717) is 5.65 Å². The number of ether oxygens (including phenoxy) is 1. The Bertz CT molecular complexity index is 798. The fourth-order valence-electron chi connectivity index (χ4n) is 2.94. The molecule has 3 heterocycles. The molecule has 1 aliphatic heterocycles. The zero-order chi connectivity index (χ0) is 14.2. The van der Waals surface area contributed by atoms with Gasteiger partial charge in [-0.05, 0) is 18.1 Å². The average molecular weight is 281 g/mol. The van der Waals surface area contributed by atoms with E-state index in [9.17, 15) is 0 Å². The highest BCUT2D eigenvalue weighted by Gasteiger charge is 2.22. The molecule has 1 aliphatic rings. The van der Waals surface area contributed by atoms with Gasteiger partial charge in [-0.15, -0.1) is 0 Å². The predicted molar refractivity (Wildman–Crippen MR) is 79.4 cm³/mol. The number of nitrogens with one attached hydrogen (secondary N) is 1. The molecule has 106 valence electrons. The number of aromatic nitrogens is 4. The van der Waals surface area contributed by atoms with E-state index in [-0.39, 0.29) is 0 Å². The number of hydrogen-bond donors (Lipinski definition) is 1. The van der Waals surface area contributed by atoms with Crippen molar-refractivity contribution in [3.63, 3.8) is 0 Å². The Balaban J connectivity index is 1.74. The summed E-state index contributed by atoms with van der Waals surface area (Å²) in [6.45, 7) is 1.72. The molecule has 0 atom stereocenters. The fourth-order valence-corrected chi connectivity index (χ4v) is 2.94. The Morgan fingerprint density at radius 1 is 1.24 bits per heavy atom. The number of fused-ring (bicyclic) bond motifs is 2. The number of anilines is 1. The molecule has 3 aromatic rings. The second kappa shape index (κ2) is 4.73. The number of aromatic amines is 1. The first-order valence-corrected chi connectivity index (χ1v) is 6.90. The molecule has 0 amide bonds. The third-order valence-electron chi connectivity index (χ3n) is 3.95. The summed E-state index contributed by atoms with van der Waals surface area (Å²) < 4.78 is 5.45. The van der Waals surface area contributed by atoms with Gasteiger partial charge >= 0.3 is 0 Å². The van der Waals surface area contributed by atoms with E-state index in [2.05, 4.69) is 30.9 Å². The summed E-state index contributed by atoms with van der Waals surface area (Å²) in [5.41, 5.74) is 4.18. The number of imidazole rings is 1. The van der Waals surface area contributed by atoms with Crippen molar-refractivity contribution in [2.24, 2.45) is 0 Å². The van der Waals surface area contributed by atoms with Crippen LogP contribution in [-0.2, 0) is 13.0 Å². The average Bonchev–Trinajstić information content (AvgIpc) is 3.02. The molecular formula is C15H15N5O. The Kier molecular flexibility index (Phi) is 2.73. The van der Waals surface area contributed by atoms with Crippen LogP contribution in [-0.4, -0.2) is 33.6 Å². The van der Waals surface area contributed by atoms with Gasteiger partial charge < -0.3 is 14.6 Å². The Hall–Kier alpha value is -2.63. The molecule has 1 aromatic carbocycles. The molecule has 0 fully saturated rings. The molecule has 6 nitrogen and oxygen atoms in total. The SMILES string of the molecule is COc1cccc2c1CCN(c1ncnc3nc[nH]c13)C2. The van der Waals surface area contributed by atoms with Crippen LogP contribution in [0, 0.1) is 0 Å². The van der Waals surface area contributed by atoms with Crippen LogP contribution in [0.5, 0.6) is 5.75 Å². The van der Waals surface area contributed by atoms with Crippen molar-refractivity contribution in [1.29, 1.82) is 0 Å². The highest BCUT2D eigenvalue weighted by atomic mass is 16.5. The molecule has 21 heavy (non-hydrogen) atoms. The maximum Gasteiger partial charge on any atom is 0.182 e. The van der Waals surface area contributed by atoms with Crippen molar-refractivity contribution in [2.75, 3.05) is 18.6 Å². The van der Waals surface area contributed by atoms with Crippen molar-refractivity contribution in [3.05, 3.63) is 42.0 Å². The molecular weight excluding hydrogens is 266 g/mol. The molecule has 0 bridgehead atoms. The number of methoxy groups -OCH3 is 1. The van der Waals surface area contributed by atoms with Crippen LogP contribution in [0.2, 0.25) is 0 Å². The fraction of sp³-hybridized carbons (Fsp3) is 0.267. The van der Waals surface area contributed by atoms with Gasteiger partial charge in [-0.25, -0.2) is 15.0 Å². The Morgan fingerprint density at radius 2 is 2.19 bits per heavy atom. The monoisotopic (exact) mass is 281 g/mol. The molecule has 6 heteroatoms. The first kappa shape index (κ1) is 12.1. The quantitative estimate of drug-likeness (QED) is 0.777. The molecule has 2 aromatic heterocycles. The maximum absolute atomic E-state index is 5.45. The third-order valence-corrected chi connectivity index (χ3v) is 3.95. The summed E-state index contributed by atoms with van der Waals surface area (Å²) in [6, 6.07) is 6.20. The van der Waals surface area contributed by atoms with E-state index >= 15 is 0 Å². The minimum Gasteiger partial charge on any atom is -0.496 e. The third kappa shape index (κ3) is 1.91. The summed E-state index contributed by atoms with van der Waals surface area (Å²) >= 11 is 0. The van der Waals surface area contributed by atoms with Gasteiger partial charge in [-0.3, -0.25) is 0 Å². The minimum atomic E-state index is 0.705. The predicted octanol–water partition coefficient (Wildman–Crippen LogP) is 1.92. The van der Waals surface area contributed by atoms with Crippen LogP contribution in [0.1, 0.15) is 11.1 Å². The van der Waals surface area contributed by atoms with E-state index in [1.165, 1.54) is 11.1 Å². The van der Waals surface area contributed by atoms with Crippen molar-refractivity contribution in [2.45, 2.75) is 13.0 Å². The van der Waals surface area contributed by atoms with Gasteiger partial charge in [0.05, 0.1) is 13.4 Å². The lowest BCUT2D eigenvalue weighted by Gasteiger charge is -2.30. The lowest BCUT2D eigenvalue weighted by atomic mass is 9.98. The molecule has 0 unspecified atom stereocenters. The van der Waals surface area contributed by atoms with Gasteiger partial charge in [-0.2, -0.15) is 0 Å². The minimum absolute atomic E-state index is 0.705. The van der Waals surface area contributed by atoms with Gasteiger partial charge in [0.1, 0.15) is 17.6 Å². The first-order chi connectivity index (χ1) is 10.4. The molecule has 1 N–H and O–H groups in total. The van der Waals surface area contributed by atoms with E-state index in [4.69, 9.17) is 4.74 Å². The number of nitrogens with zero attached hydrogens (tertiary/aromatic N) is 4. The van der Waals surface area contributed by atoms with Crippen LogP contribution >= 0.6 is 0 Å². The van der Waals surface area contributed by atoms with Crippen molar-refractivity contribution in [3.8, 4) is 5.75 Å². The summed E-state index contributed by atoms with van der Waals surface area (Å²) in [4.78, 5) is 18.2. The number of benzene rings is 1. The molecule has 0 radical (unpaired) electrons. The van der Waals surface area contributed by atoms with Gasteiger partial charge in [-0.1, -0.05) is 12.1 Å². The van der Waals surface area contributed by atoms with E-state index in [1.807, 2.05) is 12.1 Å². The second-order valence-corrected chi connectivity index (χ2v) is 5.07. The van der Waals surface area contributed by atoms with Gasteiger partial charge in [0.15, 0.2) is 11.5 Å². The van der Waals surface area contributed by atoms with Gasteiger partial charge in [0, 0.05) is 18.7 Å². The lowest BCUT2D eigenvalue weighted by molar-refractivity contribution is 0.407. The lowest BCUT2D eigenvalue weighted by Crippen LogP contribution is -2.31. The highest BCUT2D eigenvalue weighted by Crippen LogP contribution is 2.31. The normalized spacial score (nSPS) is 14.2. The molecule has 0 saturated heterocycles. The van der Waals surface area contributed by atoms with Crippen LogP contribution in [0.25, 0.3) is 11.2 Å². The topological polar surface area (TPSA) is 66.9 Å². The molecule has 4 rings (SSSR count). The van der Waals surface area contributed by atoms with Crippen LogP contribution in [0.3, 0.4) is 0 Å². The van der Waals surface area contributed by atoms with Crippen LogP contribution in [0.4, 0.5) is 5.82 Å². The van der Waals surface area contributed by atoms with Gasteiger partial charge in [0.2, 0.25) is 0 Å². The van der Waals surface area contributed by atoms with E-state index < -0.39 is 0 Å². The standard InChI is InChI=1S/C15H15N5O/c1-21-12-4-2-3-10-7-20(6-5-11(10)12)15-13-14(17-8-16-13)18-9-19-15/h2-4,8-9H,5-7H2,1H3,(H,16,17,18,19). The highest BCUT2D eigenvalue weighted by molar-refractivity contribution is 5.82. The molecule has 0 spiro atoms. The van der Waals surface area contributed by atoms with E-state index in [1.54, 1.807) is 19.8 Å². The largest absolute Gasteiger partial charge is 0.496 e. The Labute approximate surface area is 121 Å². The zero-order valence-electron chi connectivity index (χ0n) is 11.7. The van der Waals surface area contributed by atoms with Crippen LogP contribution in [0.15, 0.2) is 30.9 Å².